The highest BCUT2D eigenvalue weighted by molar-refractivity contribution is 6.17. The molecule has 0 spiro atoms. The molecule has 0 unspecified atom stereocenters. The molecule has 0 saturated heterocycles. The van der Waals surface area contributed by atoms with E-state index >= 15 is 0 Å². The van der Waals surface area contributed by atoms with Crippen molar-refractivity contribution in [3.8, 4) is 0 Å². The van der Waals surface area contributed by atoms with Gasteiger partial charge in [-0.25, -0.2) is 0 Å². The fraction of sp³-hybridized carbons (Fsp3) is 1.00. The molecule has 0 heterocycles. The van der Waals surface area contributed by atoms with E-state index in [1.54, 1.807) is 0 Å². The highest BCUT2D eigenvalue weighted by atomic mass is 35.5. The van der Waals surface area contributed by atoms with Gasteiger partial charge in [0.1, 0.15) is 0 Å². The van der Waals surface area contributed by atoms with Crippen LogP contribution in [0.2, 0.25) is 0 Å². The van der Waals surface area contributed by atoms with Gasteiger partial charge in [-0.1, -0.05) is 38.5 Å². The SMILES string of the molecule is ClCCCN(C1CCCCC1)C1CCCCC1. The van der Waals surface area contributed by atoms with Crippen molar-refractivity contribution in [3.05, 3.63) is 0 Å². The number of hydrogen-bond acceptors (Lipinski definition) is 1. The fourth-order valence-electron chi connectivity index (χ4n) is 3.73. The van der Waals surface area contributed by atoms with E-state index in [1.807, 2.05) is 0 Å². The lowest BCUT2D eigenvalue weighted by molar-refractivity contribution is 0.0812. The molecule has 2 aliphatic carbocycles. The third kappa shape index (κ3) is 4.13. The van der Waals surface area contributed by atoms with Crippen LogP contribution < -0.4 is 0 Å². The monoisotopic (exact) mass is 257 g/mol. The molecule has 0 aromatic carbocycles. The van der Waals surface area contributed by atoms with Gasteiger partial charge < -0.3 is 0 Å². The number of hydrogen-bond donors (Lipinski definition) is 0. The van der Waals surface area contributed by atoms with E-state index in [1.165, 1.54) is 77.2 Å². The van der Waals surface area contributed by atoms with Gasteiger partial charge in [-0.3, -0.25) is 4.90 Å². The lowest BCUT2D eigenvalue weighted by Gasteiger charge is -2.41. The van der Waals surface area contributed by atoms with Crippen molar-refractivity contribution in [2.45, 2.75) is 82.7 Å². The third-order valence-corrected chi connectivity index (χ3v) is 4.90. The lowest BCUT2D eigenvalue weighted by Crippen LogP contribution is -2.45. The molecule has 0 atom stereocenters. The van der Waals surface area contributed by atoms with Crippen LogP contribution in [0, 0.1) is 0 Å². The van der Waals surface area contributed by atoms with Crippen LogP contribution in [-0.2, 0) is 0 Å². The van der Waals surface area contributed by atoms with Gasteiger partial charge in [0, 0.05) is 18.0 Å². The summed E-state index contributed by atoms with van der Waals surface area (Å²) in [6, 6.07) is 1.77. The number of halogens is 1. The van der Waals surface area contributed by atoms with Crippen LogP contribution in [0.5, 0.6) is 0 Å². The van der Waals surface area contributed by atoms with Crippen LogP contribution in [0.3, 0.4) is 0 Å². The predicted octanol–water partition coefficient (Wildman–Crippen LogP) is 4.58. The zero-order chi connectivity index (χ0) is 11.9. The molecule has 17 heavy (non-hydrogen) atoms. The van der Waals surface area contributed by atoms with E-state index in [-0.39, 0.29) is 0 Å². The van der Waals surface area contributed by atoms with Gasteiger partial charge >= 0.3 is 0 Å². The normalized spacial score (nSPS) is 24.4. The van der Waals surface area contributed by atoms with E-state index in [4.69, 9.17) is 11.6 Å². The third-order valence-electron chi connectivity index (χ3n) is 4.64. The maximum absolute atomic E-state index is 5.90. The van der Waals surface area contributed by atoms with Gasteiger partial charge in [0.25, 0.3) is 0 Å². The summed E-state index contributed by atoms with van der Waals surface area (Å²) in [5.74, 6) is 0.829. The number of nitrogens with zero attached hydrogens (tertiary/aromatic N) is 1. The summed E-state index contributed by atoms with van der Waals surface area (Å²) in [6.07, 6.45) is 15.7. The zero-order valence-electron chi connectivity index (χ0n) is 11.2. The van der Waals surface area contributed by atoms with Crippen molar-refractivity contribution in [1.29, 1.82) is 0 Å². The Morgan fingerprint density at radius 1 is 0.765 bits per heavy atom. The van der Waals surface area contributed by atoms with Gasteiger partial charge in [0.15, 0.2) is 0 Å². The molecule has 0 radical (unpaired) electrons. The topological polar surface area (TPSA) is 3.24 Å². The second-order valence-electron chi connectivity index (χ2n) is 5.86. The van der Waals surface area contributed by atoms with E-state index in [2.05, 4.69) is 4.90 Å². The zero-order valence-corrected chi connectivity index (χ0v) is 11.9. The Kier molecular flexibility index (Phi) is 6.14. The number of rotatable bonds is 5. The quantitative estimate of drug-likeness (QED) is 0.652. The van der Waals surface area contributed by atoms with Crippen molar-refractivity contribution < 1.29 is 0 Å². The smallest absolute Gasteiger partial charge is 0.0235 e. The minimum atomic E-state index is 0.829. The molecular weight excluding hydrogens is 230 g/mol. The molecule has 100 valence electrons. The first-order valence-electron chi connectivity index (χ1n) is 7.73. The fourth-order valence-corrected chi connectivity index (χ4v) is 3.85. The molecule has 0 N–H and O–H groups in total. The highest BCUT2D eigenvalue weighted by Crippen LogP contribution is 2.30. The van der Waals surface area contributed by atoms with Crippen molar-refractivity contribution >= 4 is 11.6 Å². The first kappa shape index (κ1) is 13.7. The van der Waals surface area contributed by atoms with Crippen LogP contribution in [0.1, 0.15) is 70.6 Å². The predicted molar refractivity (Wildman–Crippen MR) is 75.8 cm³/mol. The Labute approximate surface area is 112 Å². The minimum Gasteiger partial charge on any atom is -0.297 e. The van der Waals surface area contributed by atoms with Crippen LogP contribution in [0.4, 0.5) is 0 Å². The molecule has 2 heteroatoms. The summed E-state index contributed by atoms with van der Waals surface area (Å²) < 4.78 is 0. The Bertz CT molecular complexity index is 177. The van der Waals surface area contributed by atoms with Crippen LogP contribution in [0.15, 0.2) is 0 Å². The van der Waals surface area contributed by atoms with Gasteiger partial charge in [0.05, 0.1) is 0 Å². The van der Waals surface area contributed by atoms with Crippen molar-refractivity contribution in [1.82, 2.24) is 4.90 Å². The molecule has 0 bridgehead atoms. The summed E-state index contributed by atoms with van der Waals surface area (Å²) in [7, 11) is 0. The van der Waals surface area contributed by atoms with Crippen LogP contribution >= 0.6 is 11.6 Å². The maximum atomic E-state index is 5.90. The molecule has 2 aliphatic rings. The first-order valence-corrected chi connectivity index (χ1v) is 8.27. The summed E-state index contributed by atoms with van der Waals surface area (Å²) in [6.45, 7) is 1.25. The number of alkyl halides is 1. The Hall–Kier alpha value is 0.250. The molecule has 0 amide bonds. The molecular formula is C15H28ClN. The summed E-state index contributed by atoms with van der Waals surface area (Å²) in [4.78, 5) is 2.85. The van der Waals surface area contributed by atoms with Crippen molar-refractivity contribution in [2.24, 2.45) is 0 Å². The minimum absolute atomic E-state index is 0.829. The van der Waals surface area contributed by atoms with Gasteiger partial charge in [-0.05, 0) is 38.6 Å². The van der Waals surface area contributed by atoms with E-state index in [0.29, 0.717) is 0 Å². The lowest BCUT2D eigenvalue weighted by atomic mass is 9.88. The average Bonchev–Trinajstić information content (AvgIpc) is 2.42. The van der Waals surface area contributed by atoms with Gasteiger partial charge in [0.2, 0.25) is 0 Å². The highest BCUT2D eigenvalue weighted by Gasteiger charge is 2.27. The molecule has 0 aliphatic heterocycles. The van der Waals surface area contributed by atoms with Gasteiger partial charge in [-0.15, -0.1) is 11.6 Å². The summed E-state index contributed by atoms with van der Waals surface area (Å²) >= 11 is 5.90. The van der Waals surface area contributed by atoms with Crippen molar-refractivity contribution in [3.63, 3.8) is 0 Å². The molecule has 2 fully saturated rings. The van der Waals surface area contributed by atoms with E-state index in [0.717, 1.165) is 18.0 Å². The van der Waals surface area contributed by atoms with Crippen LogP contribution in [-0.4, -0.2) is 29.4 Å². The van der Waals surface area contributed by atoms with Crippen molar-refractivity contribution in [2.75, 3.05) is 12.4 Å². The van der Waals surface area contributed by atoms with E-state index < -0.39 is 0 Å². The Balaban J connectivity index is 1.90. The summed E-state index contributed by atoms with van der Waals surface area (Å²) in [5, 5.41) is 0. The maximum Gasteiger partial charge on any atom is 0.0235 e. The van der Waals surface area contributed by atoms with Crippen LogP contribution in [0.25, 0.3) is 0 Å². The second kappa shape index (κ2) is 7.63. The summed E-state index contributed by atoms with van der Waals surface area (Å²) in [5.41, 5.74) is 0. The Morgan fingerprint density at radius 2 is 1.24 bits per heavy atom. The average molecular weight is 258 g/mol. The molecule has 2 rings (SSSR count). The standard InChI is InChI=1S/C15H28ClN/c16-12-7-13-17(14-8-3-1-4-9-14)15-10-5-2-6-11-15/h14-15H,1-13H2. The molecule has 0 aromatic rings. The van der Waals surface area contributed by atoms with E-state index in [9.17, 15) is 0 Å². The molecule has 1 nitrogen and oxygen atoms in total. The van der Waals surface area contributed by atoms with Gasteiger partial charge in [-0.2, -0.15) is 0 Å². The largest absolute Gasteiger partial charge is 0.297 e. The molecule has 2 saturated carbocycles. The molecule has 0 aromatic heterocycles. The second-order valence-corrected chi connectivity index (χ2v) is 6.24. The Morgan fingerprint density at radius 3 is 1.65 bits per heavy atom. The first-order chi connectivity index (χ1) is 8.42.